The molecule has 1 nitrogen and oxygen atoms in total. The fraction of sp³-hybridized carbons (Fsp3) is 0.0833. The van der Waals surface area contributed by atoms with Gasteiger partial charge in [-0.3, -0.25) is 4.99 Å². The van der Waals surface area contributed by atoms with Gasteiger partial charge in [-0.25, -0.2) is 0 Å². The van der Waals surface area contributed by atoms with Crippen molar-refractivity contribution < 1.29 is 0 Å². The van der Waals surface area contributed by atoms with Crippen molar-refractivity contribution >= 4 is 5.71 Å². The Morgan fingerprint density at radius 2 is 2.08 bits per heavy atom. The van der Waals surface area contributed by atoms with Crippen molar-refractivity contribution in [2.24, 2.45) is 4.99 Å². The zero-order valence-corrected chi connectivity index (χ0v) is 7.57. The van der Waals surface area contributed by atoms with E-state index in [0.717, 1.165) is 11.3 Å². The van der Waals surface area contributed by atoms with Crippen LogP contribution in [0.15, 0.2) is 47.5 Å². The molecule has 0 fully saturated rings. The molecule has 0 aliphatic heterocycles. The van der Waals surface area contributed by atoms with Crippen molar-refractivity contribution in [3.63, 3.8) is 0 Å². The maximum absolute atomic E-state index is 5.12. The largest absolute Gasteiger partial charge is 0.288 e. The lowest BCUT2D eigenvalue weighted by atomic mass is 10.1. The topological polar surface area (TPSA) is 12.4 Å². The molecule has 1 heteroatoms. The molecule has 0 bridgehead atoms. The zero-order chi connectivity index (χ0) is 9.52. The molecule has 0 unspecified atom stereocenters. The highest BCUT2D eigenvalue weighted by Gasteiger charge is 1.94. The van der Waals surface area contributed by atoms with E-state index in [0.29, 0.717) is 0 Å². The molecule has 0 radical (unpaired) electrons. The van der Waals surface area contributed by atoms with Gasteiger partial charge in [-0.2, -0.15) is 0 Å². The van der Waals surface area contributed by atoms with E-state index >= 15 is 0 Å². The molecule has 1 rings (SSSR count). The Morgan fingerprint density at radius 3 is 2.62 bits per heavy atom. The van der Waals surface area contributed by atoms with Gasteiger partial charge < -0.3 is 0 Å². The average Bonchev–Trinajstić information content (AvgIpc) is 2.21. The highest BCUT2D eigenvalue weighted by atomic mass is 14.7. The second-order valence-electron chi connectivity index (χ2n) is 2.47. The van der Waals surface area contributed by atoms with Crippen LogP contribution in [0.3, 0.4) is 0 Å². The molecule has 0 spiro atoms. The van der Waals surface area contributed by atoms with Gasteiger partial charge in [0.15, 0.2) is 0 Å². The predicted octanol–water partition coefficient (Wildman–Crippen LogP) is 2.29. The summed E-state index contributed by atoms with van der Waals surface area (Å²) >= 11 is 0. The van der Waals surface area contributed by atoms with Gasteiger partial charge in [-0.05, 0) is 17.7 Å². The van der Waals surface area contributed by atoms with Crippen molar-refractivity contribution in [3.05, 3.63) is 48.0 Å². The first kappa shape index (κ1) is 9.28. The highest BCUT2D eigenvalue weighted by Crippen LogP contribution is 2.01. The number of terminal acetylenes is 1. The van der Waals surface area contributed by atoms with Gasteiger partial charge >= 0.3 is 0 Å². The van der Waals surface area contributed by atoms with Crippen LogP contribution in [0.1, 0.15) is 5.56 Å². The van der Waals surface area contributed by atoms with E-state index in [1.807, 2.05) is 36.4 Å². The lowest BCUT2D eigenvalue weighted by Gasteiger charge is -1.98. The summed E-state index contributed by atoms with van der Waals surface area (Å²) < 4.78 is 0. The van der Waals surface area contributed by atoms with E-state index in [1.165, 1.54) is 0 Å². The third kappa shape index (κ3) is 2.61. The average molecular weight is 169 g/mol. The van der Waals surface area contributed by atoms with E-state index in [-0.39, 0.29) is 0 Å². The maximum Gasteiger partial charge on any atom is 0.0649 e. The van der Waals surface area contributed by atoms with Crippen LogP contribution in [0.25, 0.3) is 0 Å². The van der Waals surface area contributed by atoms with E-state index in [4.69, 9.17) is 6.42 Å². The quantitative estimate of drug-likeness (QED) is 0.476. The van der Waals surface area contributed by atoms with Crippen molar-refractivity contribution in [1.82, 2.24) is 0 Å². The van der Waals surface area contributed by atoms with E-state index < -0.39 is 0 Å². The van der Waals surface area contributed by atoms with Gasteiger partial charge in [0.25, 0.3) is 0 Å². The van der Waals surface area contributed by atoms with Crippen LogP contribution in [-0.4, -0.2) is 12.8 Å². The van der Waals surface area contributed by atoms with Crippen LogP contribution in [0.2, 0.25) is 0 Å². The van der Waals surface area contributed by atoms with Crippen molar-refractivity contribution in [3.8, 4) is 12.3 Å². The van der Waals surface area contributed by atoms with Gasteiger partial charge in [0.2, 0.25) is 0 Å². The van der Waals surface area contributed by atoms with E-state index in [1.54, 1.807) is 13.1 Å². The molecule has 0 atom stereocenters. The standard InChI is InChI=1S/C12H11N/c1-3-4-10-12(13-2)11-8-6-5-7-9-11/h1,4-10H,2H3/b10-4-,13-12+. The summed E-state index contributed by atoms with van der Waals surface area (Å²) in [6, 6.07) is 9.93. The molecular weight excluding hydrogens is 158 g/mol. The number of aliphatic imine (C=N–C) groups is 1. The Morgan fingerprint density at radius 1 is 1.38 bits per heavy atom. The maximum atomic E-state index is 5.12. The molecule has 0 aliphatic carbocycles. The summed E-state index contributed by atoms with van der Waals surface area (Å²) in [5, 5.41) is 0. The minimum Gasteiger partial charge on any atom is -0.288 e. The normalized spacial score (nSPS) is 11.5. The Labute approximate surface area is 78.8 Å². The first-order valence-electron chi connectivity index (χ1n) is 4.03. The summed E-state index contributed by atoms with van der Waals surface area (Å²) in [6.07, 6.45) is 8.59. The summed E-state index contributed by atoms with van der Waals surface area (Å²) in [6.45, 7) is 0. The lowest BCUT2D eigenvalue weighted by Crippen LogP contribution is -1.95. The predicted molar refractivity (Wildman–Crippen MR) is 56.9 cm³/mol. The van der Waals surface area contributed by atoms with Gasteiger partial charge in [-0.15, -0.1) is 6.42 Å². The third-order valence-electron chi connectivity index (χ3n) is 1.65. The fourth-order valence-electron chi connectivity index (χ4n) is 1.04. The van der Waals surface area contributed by atoms with E-state index in [9.17, 15) is 0 Å². The molecule has 0 saturated carbocycles. The van der Waals surface area contributed by atoms with E-state index in [2.05, 4.69) is 10.9 Å². The van der Waals surface area contributed by atoms with Crippen molar-refractivity contribution in [1.29, 1.82) is 0 Å². The number of hydrogen-bond acceptors (Lipinski definition) is 1. The number of rotatable bonds is 2. The number of benzene rings is 1. The molecule has 0 aliphatic rings. The van der Waals surface area contributed by atoms with Crippen LogP contribution in [0, 0.1) is 12.3 Å². The van der Waals surface area contributed by atoms with Crippen LogP contribution in [0.5, 0.6) is 0 Å². The first-order valence-corrected chi connectivity index (χ1v) is 4.03. The Bertz CT molecular complexity index is 352. The second kappa shape index (κ2) is 4.95. The molecule has 0 N–H and O–H groups in total. The van der Waals surface area contributed by atoms with Crippen LogP contribution >= 0.6 is 0 Å². The molecular formula is C12H11N. The van der Waals surface area contributed by atoms with Gasteiger partial charge in [0, 0.05) is 7.05 Å². The summed E-state index contributed by atoms with van der Waals surface area (Å²) in [5.41, 5.74) is 1.98. The van der Waals surface area contributed by atoms with Crippen LogP contribution in [0.4, 0.5) is 0 Å². The molecule has 13 heavy (non-hydrogen) atoms. The lowest BCUT2D eigenvalue weighted by molar-refractivity contribution is 1.43. The summed E-state index contributed by atoms with van der Waals surface area (Å²) in [5.74, 6) is 2.44. The molecule has 0 amide bonds. The number of nitrogens with zero attached hydrogens (tertiary/aromatic N) is 1. The van der Waals surface area contributed by atoms with Gasteiger partial charge in [0.05, 0.1) is 5.71 Å². The molecule has 1 aromatic carbocycles. The minimum atomic E-state index is 0.901. The fourth-order valence-corrected chi connectivity index (χ4v) is 1.04. The third-order valence-corrected chi connectivity index (χ3v) is 1.65. The van der Waals surface area contributed by atoms with Crippen molar-refractivity contribution in [2.45, 2.75) is 0 Å². The zero-order valence-electron chi connectivity index (χ0n) is 7.57. The first-order chi connectivity index (χ1) is 6.38. The van der Waals surface area contributed by atoms with Crippen LogP contribution < -0.4 is 0 Å². The monoisotopic (exact) mass is 169 g/mol. The number of allylic oxidation sites excluding steroid dienone is 2. The molecule has 0 saturated heterocycles. The second-order valence-corrected chi connectivity index (χ2v) is 2.47. The van der Waals surface area contributed by atoms with Gasteiger partial charge in [0.1, 0.15) is 0 Å². The smallest absolute Gasteiger partial charge is 0.0649 e. The molecule has 1 aromatic rings. The highest BCUT2D eigenvalue weighted by molar-refractivity contribution is 6.08. The molecule has 0 aromatic heterocycles. The Hall–Kier alpha value is -1.81. The molecule has 64 valence electrons. The number of hydrogen-bond donors (Lipinski definition) is 0. The Kier molecular flexibility index (Phi) is 3.53. The molecule has 0 heterocycles. The SMILES string of the molecule is C#C/C=C\C(=N/C)c1ccccc1. The van der Waals surface area contributed by atoms with Gasteiger partial charge in [-0.1, -0.05) is 36.3 Å². The summed E-state index contributed by atoms with van der Waals surface area (Å²) in [7, 11) is 1.75. The Balaban J connectivity index is 2.95. The van der Waals surface area contributed by atoms with Crippen LogP contribution in [-0.2, 0) is 0 Å². The summed E-state index contributed by atoms with van der Waals surface area (Å²) in [4.78, 5) is 4.13. The van der Waals surface area contributed by atoms with Crippen molar-refractivity contribution in [2.75, 3.05) is 7.05 Å². The minimum absolute atomic E-state index is 0.901.